The molecule has 0 bridgehead atoms. The first-order valence-corrected chi connectivity index (χ1v) is 6.25. The summed E-state index contributed by atoms with van der Waals surface area (Å²) >= 11 is 0. The van der Waals surface area contributed by atoms with Crippen LogP contribution >= 0.6 is 0 Å². The Kier molecular flexibility index (Phi) is 3.28. The minimum atomic E-state index is -0.427. The maximum absolute atomic E-state index is 11.8. The highest BCUT2D eigenvalue weighted by molar-refractivity contribution is 5.69. The molecule has 0 unspecified atom stereocenters. The number of aromatic nitrogens is 1. The van der Waals surface area contributed by atoms with E-state index in [4.69, 9.17) is 4.74 Å². The SMILES string of the molecule is Cc1ccnc(C2CN(C(=O)OC(C)(C)C)C2)c1. The highest BCUT2D eigenvalue weighted by Crippen LogP contribution is 2.27. The monoisotopic (exact) mass is 248 g/mol. The molecule has 0 aliphatic carbocycles. The fourth-order valence-corrected chi connectivity index (χ4v) is 1.92. The predicted molar refractivity (Wildman–Crippen MR) is 69.5 cm³/mol. The van der Waals surface area contributed by atoms with Crippen molar-refractivity contribution in [2.45, 2.75) is 39.2 Å². The van der Waals surface area contributed by atoms with Gasteiger partial charge in [-0.15, -0.1) is 0 Å². The number of ether oxygens (including phenoxy) is 1. The third-order valence-corrected chi connectivity index (χ3v) is 2.89. The number of pyridine rings is 1. The number of amides is 1. The molecule has 2 heterocycles. The third kappa shape index (κ3) is 3.00. The standard InChI is InChI=1S/C14H20N2O2/c1-10-5-6-15-12(7-10)11-8-16(9-11)13(17)18-14(2,3)4/h5-7,11H,8-9H2,1-4H3. The van der Waals surface area contributed by atoms with Crippen LogP contribution in [0.1, 0.15) is 37.9 Å². The molecule has 1 saturated heterocycles. The molecule has 0 radical (unpaired) electrons. The van der Waals surface area contributed by atoms with E-state index < -0.39 is 5.60 Å². The third-order valence-electron chi connectivity index (χ3n) is 2.89. The van der Waals surface area contributed by atoms with Gasteiger partial charge in [0, 0.05) is 30.9 Å². The van der Waals surface area contributed by atoms with E-state index in [1.54, 1.807) is 4.90 Å². The lowest BCUT2D eigenvalue weighted by Gasteiger charge is -2.39. The molecule has 1 fully saturated rings. The molecule has 0 atom stereocenters. The Bertz CT molecular complexity index is 445. The summed E-state index contributed by atoms with van der Waals surface area (Å²) in [5.74, 6) is 0.345. The van der Waals surface area contributed by atoms with Gasteiger partial charge in [0.15, 0.2) is 0 Å². The van der Waals surface area contributed by atoms with Crippen molar-refractivity contribution in [2.24, 2.45) is 0 Å². The van der Waals surface area contributed by atoms with Crippen molar-refractivity contribution >= 4 is 6.09 Å². The minimum Gasteiger partial charge on any atom is -0.444 e. The number of likely N-dealkylation sites (tertiary alicyclic amines) is 1. The summed E-state index contributed by atoms with van der Waals surface area (Å²) in [5, 5.41) is 0. The molecule has 2 rings (SSSR count). The van der Waals surface area contributed by atoms with Gasteiger partial charge < -0.3 is 9.64 Å². The first kappa shape index (κ1) is 12.9. The molecule has 1 aromatic rings. The Hall–Kier alpha value is -1.58. The lowest BCUT2D eigenvalue weighted by atomic mass is 9.95. The van der Waals surface area contributed by atoms with Crippen LogP contribution in [-0.4, -0.2) is 34.7 Å². The summed E-state index contributed by atoms with van der Waals surface area (Å²) in [5.41, 5.74) is 1.84. The summed E-state index contributed by atoms with van der Waals surface area (Å²) < 4.78 is 5.32. The molecule has 0 spiro atoms. The van der Waals surface area contributed by atoms with Gasteiger partial charge >= 0.3 is 6.09 Å². The van der Waals surface area contributed by atoms with Gasteiger partial charge in [0.25, 0.3) is 0 Å². The van der Waals surface area contributed by atoms with Crippen molar-refractivity contribution in [1.29, 1.82) is 0 Å². The van der Waals surface area contributed by atoms with Gasteiger partial charge in [-0.2, -0.15) is 0 Å². The Morgan fingerprint density at radius 1 is 1.44 bits per heavy atom. The molecule has 98 valence electrons. The molecule has 0 aromatic carbocycles. The quantitative estimate of drug-likeness (QED) is 0.767. The first-order chi connectivity index (χ1) is 8.35. The number of carbonyl (C=O) groups excluding carboxylic acids is 1. The molecular formula is C14H20N2O2. The number of hydrogen-bond donors (Lipinski definition) is 0. The zero-order chi connectivity index (χ0) is 13.3. The van der Waals surface area contributed by atoms with E-state index in [1.165, 1.54) is 5.56 Å². The summed E-state index contributed by atoms with van der Waals surface area (Å²) in [6.07, 6.45) is 1.59. The van der Waals surface area contributed by atoms with E-state index in [2.05, 4.69) is 18.0 Å². The molecule has 1 aromatic heterocycles. The maximum atomic E-state index is 11.8. The van der Waals surface area contributed by atoms with Crippen LogP contribution in [0.25, 0.3) is 0 Å². The zero-order valence-electron chi connectivity index (χ0n) is 11.4. The molecule has 0 saturated carbocycles. The molecule has 4 nitrogen and oxygen atoms in total. The van der Waals surface area contributed by atoms with Gasteiger partial charge in [0.1, 0.15) is 5.60 Å². The molecular weight excluding hydrogens is 228 g/mol. The molecule has 1 amide bonds. The maximum Gasteiger partial charge on any atom is 0.410 e. The Morgan fingerprint density at radius 3 is 2.67 bits per heavy atom. The number of rotatable bonds is 1. The van der Waals surface area contributed by atoms with E-state index in [1.807, 2.05) is 33.0 Å². The average Bonchev–Trinajstić information content (AvgIpc) is 2.11. The summed E-state index contributed by atoms with van der Waals surface area (Å²) in [6, 6.07) is 4.06. The lowest BCUT2D eigenvalue weighted by Crippen LogP contribution is -2.50. The van der Waals surface area contributed by atoms with Crippen LogP contribution in [0.15, 0.2) is 18.3 Å². The second-order valence-electron chi connectivity index (χ2n) is 5.84. The fraction of sp³-hybridized carbons (Fsp3) is 0.571. The van der Waals surface area contributed by atoms with Crippen molar-refractivity contribution in [3.63, 3.8) is 0 Å². The minimum absolute atomic E-state index is 0.230. The summed E-state index contributed by atoms with van der Waals surface area (Å²) in [4.78, 5) is 17.8. The van der Waals surface area contributed by atoms with E-state index in [9.17, 15) is 4.79 Å². The van der Waals surface area contributed by atoms with E-state index >= 15 is 0 Å². The van der Waals surface area contributed by atoms with Gasteiger partial charge in [-0.1, -0.05) is 0 Å². The highest BCUT2D eigenvalue weighted by atomic mass is 16.6. The van der Waals surface area contributed by atoms with Crippen LogP contribution in [0.3, 0.4) is 0 Å². The van der Waals surface area contributed by atoms with E-state index in [0.717, 1.165) is 5.69 Å². The van der Waals surface area contributed by atoms with Crippen LogP contribution in [0.5, 0.6) is 0 Å². The molecule has 18 heavy (non-hydrogen) atoms. The second kappa shape index (κ2) is 4.59. The smallest absolute Gasteiger partial charge is 0.410 e. The summed E-state index contributed by atoms with van der Waals surface area (Å²) in [7, 11) is 0. The Labute approximate surface area is 108 Å². The van der Waals surface area contributed by atoms with Crippen LogP contribution < -0.4 is 0 Å². The van der Waals surface area contributed by atoms with Crippen molar-refractivity contribution in [1.82, 2.24) is 9.88 Å². The van der Waals surface area contributed by atoms with Gasteiger partial charge in [0.05, 0.1) is 0 Å². The van der Waals surface area contributed by atoms with Crippen molar-refractivity contribution in [3.8, 4) is 0 Å². The number of hydrogen-bond acceptors (Lipinski definition) is 3. The van der Waals surface area contributed by atoms with Crippen LogP contribution in [0, 0.1) is 6.92 Å². The Morgan fingerprint density at radius 2 is 2.11 bits per heavy atom. The van der Waals surface area contributed by atoms with Crippen molar-refractivity contribution in [3.05, 3.63) is 29.6 Å². The van der Waals surface area contributed by atoms with Crippen molar-refractivity contribution in [2.75, 3.05) is 13.1 Å². The predicted octanol–water partition coefficient (Wildman–Crippen LogP) is 2.72. The van der Waals surface area contributed by atoms with Gasteiger partial charge in [-0.05, 0) is 45.4 Å². The number of aryl methyl sites for hydroxylation is 1. The molecule has 1 aliphatic heterocycles. The number of nitrogens with zero attached hydrogens (tertiary/aromatic N) is 2. The lowest BCUT2D eigenvalue weighted by molar-refractivity contribution is 0.00788. The molecule has 4 heteroatoms. The van der Waals surface area contributed by atoms with E-state index in [-0.39, 0.29) is 6.09 Å². The first-order valence-electron chi connectivity index (χ1n) is 6.25. The van der Waals surface area contributed by atoms with Gasteiger partial charge in [-0.3, -0.25) is 4.98 Å². The fourth-order valence-electron chi connectivity index (χ4n) is 1.92. The largest absolute Gasteiger partial charge is 0.444 e. The van der Waals surface area contributed by atoms with Crippen LogP contribution in [0.4, 0.5) is 4.79 Å². The zero-order valence-corrected chi connectivity index (χ0v) is 11.4. The van der Waals surface area contributed by atoms with Crippen molar-refractivity contribution < 1.29 is 9.53 Å². The van der Waals surface area contributed by atoms with Crippen LogP contribution in [0.2, 0.25) is 0 Å². The number of carbonyl (C=O) groups is 1. The Balaban J connectivity index is 1.89. The summed E-state index contributed by atoms with van der Waals surface area (Å²) in [6.45, 7) is 9.09. The highest BCUT2D eigenvalue weighted by Gasteiger charge is 2.35. The topological polar surface area (TPSA) is 42.4 Å². The van der Waals surface area contributed by atoms with Crippen LogP contribution in [-0.2, 0) is 4.74 Å². The molecule has 1 aliphatic rings. The second-order valence-corrected chi connectivity index (χ2v) is 5.84. The molecule has 0 N–H and O–H groups in total. The van der Waals surface area contributed by atoms with E-state index in [0.29, 0.717) is 19.0 Å². The normalized spacial score (nSPS) is 16.3. The average molecular weight is 248 g/mol. The van der Waals surface area contributed by atoms with Gasteiger partial charge in [0.2, 0.25) is 0 Å². The van der Waals surface area contributed by atoms with Gasteiger partial charge in [-0.25, -0.2) is 4.79 Å².